The largest absolute Gasteiger partial charge is 0.454 e. The maximum absolute atomic E-state index is 13.2. The lowest BCUT2D eigenvalue weighted by atomic mass is 10.2. The van der Waals surface area contributed by atoms with Gasteiger partial charge >= 0.3 is 0 Å². The maximum atomic E-state index is 13.2. The van der Waals surface area contributed by atoms with Crippen molar-refractivity contribution in [1.82, 2.24) is 24.6 Å². The number of thioether (sulfide) groups is 1. The van der Waals surface area contributed by atoms with E-state index in [1.54, 1.807) is 0 Å². The van der Waals surface area contributed by atoms with Gasteiger partial charge in [0.1, 0.15) is 0 Å². The minimum Gasteiger partial charge on any atom is -0.454 e. The number of carbonyl (C=O) groups excluding carboxylic acids is 1. The Hall–Kier alpha value is -3.04. The Morgan fingerprint density at radius 3 is 2.56 bits per heavy atom. The number of ether oxygens (including phenoxy) is 2. The molecule has 2 aliphatic heterocycles. The van der Waals surface area contributed by atoms with Crippen molar-refractivity contribution in [1.29, 1.82) is 0 Å². The van der Waals surface area contributed by atoms with E-state index in [2.05, 4.69) is 26.6 Å². The summed E-state index contributed by atoms with van der Waals surface area (Å²) in [6.45, 7) is 9.36. The third-order valence-corrected chi connectivity index (χ3v) is 7.36. The molecular weight excluding hydrogens is 450 g/mol. The zero-order valence-corrected chi connectivity index (χ0v) is 20.3. The molecule has 1 aromatic heterocycles. The van der Waals surface area contributed by atoms with Crippen LogP contribution >= 0.6 is 11.8 Å². The topological polar surface area (TPSA) is 72.7 Å². The smallest absolute Gasteiger partial charge is 0.235 e. The number of amides is 1. The molecule has 1 saturated heterocycles. The minimum absolute atomic E-state index is 0.152. The van der Waals surface area contributed by atoms with Crippen LogP contribution in [0, 0.1) is 0 Å². The predicted octanol–water partition coefficient (Wildman–Crippen LogP) is 3.37. The van der Waals surface area contributed by atoms with Crippen molar-refractivity contribution >= 4 is 17.7 Å². The number of nitrogens with zero attached hydrogens (tertiary/aromatic N) is 5. The molecule has 3 aromatic rings. The van der Waals surface area contributed by atoms with Crippen molar-refractivity contribution in [2.45, 2.75) is 30.8 Å². The van der Waals surface area contributed by atoms with E-state index in [9.17, 15) is 4.79 Å². The van der Waals surface area contributed by atoms with E-state index in [4.69, 9.17) is 9.47 Å². The fraction of sp³-hybridized carbons (Fsp3) is 0.400. The molecule has 2 aromatic carbocycles. The fourth-order valence-electron chi connectivity index (χ4n) is 4.29. The second kappa shape index (κ2) is 10.1. The van der Waals surface area contributed by atoms with Crippen molar-refractivity contribution in [3.63, 3.8) is 0 Å². The highest BCUT2D eigenvalue weighted by Gasteiger charge is 2.27. The van der Waals surface area contributed by atoms with Crippen LogP contribution in [-0.4, -0.2) is 75.2 Å². The van der Waals surface area contributed by atoms with Crippen LogP contribution in [0.4, 0.5) is 0 Å². The third-order valence-electron chi connectivity index (χ3n) is 6.29. The van der Waals surface area contributed by atoms with E-state index < -0.39 is 0 Å². The summed E-state index contributed by atoms with van der Waals surface area (Å²) in [6, 6.07) is 16.0. The zero-order chi connectivity index (χ0) is 23.5. The second-order valence-electron chi connectivity index (χ2n) is 8.47. The van der Waals surface area contributed by atoms with Gasteiger partial charge in [-0.25, -0.2) is 0 Å². The lowest BCUT2D eigenvalue weighted by Gasteiger charge is -2.35. The van der Waals surface area contributed by atoms with E-state index in [0.717, 1.165) is 66.3 Å². The Labute approximate surface area is 203 Å². The van der Waals surface area contributed by atoms with Gasteiger partial charge in [-0.3, -0.25) is 9.36 Å². The first kappa shape index (κ1) is 22.7. The lowest BCUT2D eigenvalue weighted by molar-refractivity contribution is -0.132. The van der Waals surface area contributed by atoms with Gasteiger partial charge in [0.15, 0.2) is 22.5 Å². The van der Waals surface area contributed by atoms with Crippen LogP contribution in [0.1, 0.15) is 19.4 Å². The number of benzene rings is 2. The van der Waals surface area contributed by atoms with Gasteiger partial charge in [-0.2, -0.15) is 0 Å². The summed E-state index contributed by atoms with van der Waals surface area (Å²) in [7, 11) is 0. The van der Waals surface area contributed by atoms with Gasteiger partial charge in [0, 0.05) is 31.7 Å². The standard InChI is InChI=1S/C25H29N5O3S/c1-3-28-11-13-29(14-12-28)24(31)18(2)34-25-27-26-23(20-7-5-4-6-8-20)30(25)16-19-9-10-21-22(15-19)33-17-32-21/h4-10,15,18H,3,11-14,16-17H2,1-2H3/t18-/m0/s1. The Morgan fingerprint density at radius 1 is 1.03 bits per heavy atom. The molecule has 2 aliphatic rings. The number of aromatic nitrogens is 3. The third kappa shape index (κ3) is 4.76. The van der Waals surface area contributed by atoms with Crippen LogP contribution in [0.15, 0.2) is 53.7 Å². The number of rotatable bonds is 7. The summed E-state index contributed by atoms with van der Waals surface area (Å²) in [5.74, 6) is 2.43. The van der Waals surface area contributed by atoms with Crippen molar-refractivity contribution < 1.29 is 14.3 Å². The Bertz CT molecular complexity index is 1140. The Morgan fingerprint density at radius 2 is 1.79 bits per heavy atom. The van der Waals surface area contributed by atoms with Gasteiger partial charge in [0.25, 0.3) is 0 Å². The van der Waals surface area contributed by atoms with Crippen LogP contribution in [0.5, 0.6) is 11.5 Å². The van der Waals surface area contributed by atoms with Gasteiger partial charge in [0.05, 0.1) is 11.8 Å². The Kier molecular flexibility index (Phi) is 6.73. The van der Waals surface area contributed by atoms with Crippen LogP contribution in [0.3, 0.4) is 0 Å². The molecule has 0 spiro atoms. The number of hydrogen-bond acceptors (Lipinski definition) is 7. The normalized spacial score (nSPS) is 16.6. The average molecular weight is 480 g/mol. The first-order chi connectivity index (χ1) is 16.6. The van der Waals surface area contributed by atoms with Gasteiger partial charge in [-0.05, 0) is 31.2 Å². The van der Waals surface area contributed by atoms with Gasteiger partial charge in [0.2, 0.25) is 12.7 Å². The number of likely N-dealkylation sites (N-methyl/N-ethyl adjacent to an activating group) is 1. The van der Waals surface area contributed by atoms with Gasteiger partial charge in [-0.15, -0.1) is 10.2 Å². The summed E-state index contributed by atoms with van der Waals surface area (Å²) >= 11 is 1.47. The predicted molar refractivity (Wildman–Crippen MR) is 131 cm³/mol. The van der Waals surface area contributed by atoms with Crippen LogP contribution in [0.25, 0.3) is 11.4 Å². The van der Waals surface area contributed by atoms with Crippen LogP contribution in [0.2, 0.25) is 0 Å². The highest BCUT2D eigenvalue weighted by molar-refractivity contribution is 8.00. The van der Waals surface area contributed by atoms with E-state index in [-0.39, 0.29) is 18.0 Å². The molecule has 9 heteroatoms. The number of piperazine rings is 1. The van der Waals surface area contributed by atoms with Crippen molar-refractivity contribution in [3.05, 3.63) is 54.1 Å². The quantitative estimate of drug-likeness (QED) is 0.481. The van der Waals surface area contributed by atoms with Crippen molar-refractivity contribution in [3.8, 4) is 22.9 Å². The van der Waals surface area contributed by atoms with E-state index >= 15 is 0 Å². The van der Waals surface area contributed by atoms with Gasteiger partial charge in [-0.1, -0.05) is 55.1 Å². The summed E-state index contributed by atoms with van der Waals surface area (Å²) in [6.07, 6.45) is 0. The molecule has 1 atom stereocenters. The number of fused-ring (bicyclic) bond motifs is 1. The molecule has 34 heavy (non-hydrogen) atoms. The molecule has 0 radical (unpaired) electrons. The fourth-order valence-corrected chi connectivity index (χ4v) is 5.22. The molecule has 1 fully saturated rings. The highest BCUT2D eigenvalue weighted by atomic mass is 32.2. The van der Waals surface area contributed by atoms with E-state index in [1.165, 1.54) is 11.8 Å². The number of hydrogen-bond donors (Lipinski definition) is 0. The Balaban J connectivity index is 1.38. The van der Waals surface area contributed by atoms with E-state index in [0.29, 0.717) is 6.54 Å². The molecule has 0 unspecified atom stereocenters. The first-order valence-corrected chi connectivity index (χ1v) is 12.6. The SMILES string of the molecule is CCN1CCN(C(=O)[C@H](C)Sc2nnc(-c3ccccc3)n2Cc2ccc3c(c2)OCO3)CC1. The molecular formula is C25H29N5O3S. The monoisotopic (exact) mass is 479 g/mol. The highest BCUT2D eigenvalue weighted by Crippen LogP contribution is 2.34. The molecule has 0 bridgehead atoms. The van der Waals surface area contributed by atoms with E-state index in [1.807, 2.05) is 60.4 Å². The zero-order valence-electron chi connectivity index (χ0n) is 19.5. The number of carbonyl (C=O) groups is 1. The lowest BCUT2D eigenvalue weighted by Crippen LogP contribution is -2.50. The first-order valence-electron chi connectivity index (χ1n) is 11.7. The molecule has 1 amide bonds. The summed E-state index contributed by atoms with van der Waals surface area (Å²) in [4.78, 5) is 17.5. The summed E-state index contributed by atoms with van der Waals surface area (Å²) < 4.78 is 13.1. The molecule has 178 valence electrons. The molecule has 0 aliphatic carbocycles. The van der Waals surface area contributed by atoms with Crippen LogP contribution in [-0.2, 0) is 11.3 Å². The molecule has 0 saturated carbocycles. The molecule has 3 heterocycles. The van der Waals surface area contributed by atoms with Crippen LogP contribution < -0.4 is 9.47 Å². The summed E-state index contributed by atoms with van der Waals surface area (Å²) in [5, 5.41) is 9.47. The second-order valence-corrected chi connectivity index (χ2v) is 9.77. The molecule has 8 nitrogen and oxygen atoms in total. The van der Waals surface area contributed by atoms with Crippen molar-refractivity contribution in [2.75, 3.05) is 39.5 Å². The minimum atomic E-state index is -0.253. The maximum Gasteiger partial charge on any atom is 0.235 e. The van der Waals surface area contributed by atoms with Crippen molar-refractivity contribution in [2.24, 2.45) is 0 Å². The molecule has 5 rings (SSSR count). The molecule has 0 N–H and O–H groups in total. The summed E-state index contributed by atoms with van der Waals surface area (Å²) in [5.41, 5.74) is 2.04. The van der Waals surface area contributed by atoms with Gasteiger partial charge < -0.3 is 19.3 Å². The average Bonchev–Trinajstić information content (AvgIpc) is 3.51.